The van der Waals surface area contributed by atoms with E-state index in [0.717, 1.165) is 24.4 Å². The molecule has 2 bridgehead atoms. The molecule has 110 valence electrons. The zero-order valence-corrected chi connectivity index (χ0v) is 12.2. The summed E-state index contributed by atoms with van der Waals surface area (Å²) in [4.78, 5) is 19.1. The van der Waals surface area contributed by atoms with Crippen LogP contribution in [0.3, 0.4) is 0 Å². The molecule has 2 aliphatic heterocycles. The second-order valence-corrected chi connectivity index (χ2v) is 6.44. The molecule has 0 aliphatic carbocycles. The van der Waals surface area contributed by atoms with E-state index in [-0.39, 0.29) is 11.9 Å². The molecule has 3 atom stereocenters. The topological polar surface area (TPSA) is 49.6 Å². The third kappa shape index (κ3) is 2.42. The molecule has 1 N–H and O–H groups in total. The summed E-state index contributed by atoms with van der Waals surface area (Å²) in [5, 5.41) is 3.15. The van der Waals surface area contributed by atoms with Crippen molar-refractivity contribution in [3.8, 4) is 0 Å². The van der Waals surface area contributed by atoms with E-state index in [2.05, 4.69) is 21.3 Å². The van der Waals surface area contributed by atoms with Crippen molar-refractivity contribution < 1.29 is 4.79 Å². The first-order chi connectivity index (χ1) is 10.2. The molecule has 0 radical (unpaired) electrons. The van der Waals surface area contributed by atoms with Crippen molar-refractivity contribution >= 4 is 11.4 Å². The molecular weight excluding hydrogens is 264 g/mol. The molecule has 2 aliphatic rings. The lowest BCUT2D eigenvalue weighted by atomic mass is 9.97. The minimum atomic E-state index is -0.0595. The van der Waals surface area contributed by atoms with E-state index in [1.165, 1.54) is 25.1 Å². The first-order valence-electron chi connectivity index (χ1n) is 7.65. The number of aromatic nitrogens is 2. The summed E-state index contributed by atoms with van der Waals surface area (Å²) in [6, 6.07) is 2.32. The molecule has 2 aromatic heterocycles. The third-order valence-corrected chi connectivity index (χ3v) is 4.65. The lowest BCUT2D eigenvalue weighted by Crippen LogP contribution is -2.47. The summed E-state index contributed by atoms with van der Waals surface area (Å²) in [7, 11) is 0. The standard InChI is InChI=1S/C16H20N4O/c1-11-4-14-6-17-15(10-20(14)7-11)16(21)18-13-5-12-2-3-19(8-12)9-13/h4,6-7,10,12-13H,2-3,5,8-9H2,1H3,(H,18,21)/t12-,13-/m1/s1. The van der Waals surface area contributed by atoms with Gasteiger partial charge < -0.3 is 14.6 Å². The molecule has 0 spiro atoms. The number of rotatable bonds is 2. The maximum atomic E-state index is 12.4. The number of aryl methyl sites for hydroxylation is 1. The molecule has 2 saturated heterocycles. The lowest BCUT2D eigenvalue weighted by Gasteiger charge is -2.30. The first kappa shape index (κ1) is 12.8. The van der Waals surface area contributed by atoms with Crippen molar-refractivity contribution in [2.75, 3.05) is 19.6 Å². The van der Waals surface area contributed by atoms with Crippen LogP contribution in [-0.2, 0) is 0 Å². The van der Waals surface area contributed by atoms with Gasteiger partial charge in [0, 0.05) is 31.5 Å². The van der Waals surface area contributed by atoms with Crippen LogP contribution in [0, 0.1) is 12.8 Å². The SMILES string of the molecule is Cc1cc2cnc(C(=O)N[C@@H]3C[C@H]4CCN(C4)C3)cn2c1. The number of hydrogen-bond donors (Lipinski definition) is 1. The maximum Gasteiger partial charge on any atom is 0.271 e. The van der Waals surface area contributed by atoms with Gasteiger partial charge in [0.05, 0.1) is 11.7 Å². The number of carbonyl (C=O) groups excluding carboxylic acids is 1. The van der Waals surface area contributed by atoms with E-state index in [0.29, 0.717) is 5.69 Å². The molecular formula is C16H20N4O. The van der Waals surface area contributed by atoms with Crippen molar-refractivity contribution in [2.45, 2.75) is 25.8 Å². The smallest absolute Gasteiger partial charge is 0.271 e. The highest BCUT2D eigenvalue weighted by atomic mass is 16.2. The Morgan fingerprint density at radius 2 is 2.29 bits per heavy atom. The fourth-order valence-corrected chi connectivity index (χ4v) is 3.70. The highest BCUT2D eigenvalue weighted by Crippen LogP contribution is 2.26. The number of nitrogens with zero attached hydrogens (tertiary/aromatic N) is 3. The van der Waals surface area contributed by atoms with Crippen molar-refractivity contribution in [1.82, 2.24) is 19.6 Å². The van der Waals surface area contributed by atoms with E-state index in [4.69, 9.17) is 0 Å². The summed E-state index contributed by atoms with van der Waals surface area (Å²) in [6.07, 6.45) is 7.97. The lowest BCUT2D eigenvalue weighted by molar-refractivity contribution is 0.0904. The molecule has 2 aromatic rings. The Morgan fingerprint density at radius 3 is 3.14 bits per heavy atom. The van der Waals surface area contributed by atoms with Crippen LogP contribution in [0.4, 0.5) is 0 Å². The summed E-state index contributed by atoms with van der Waals surface area (Å²) in [5.41, 5.74) is 2.68. The monoisotopic (exact) mass is 284 g/mol. The van der Waals surface area contributed by atoms with E-state index in [9.17, 15) is 4.79 Å². The van der Waals surface area contributed by atoms with Crippen LogP contribution >= 0.6 is 0 Å². The van der Waals surface area contributed by atoms with E-state index < -0.39 is 0 Å². The molecule has 1 unspecified atom stereocenters. The summed E-state index contributed by atoms with van der Waals surface area (Å²) >= 11 is 0. The zero-order chi connectivity index (χ0) is 14.4. The fourth-order valence-electron chi connectivity index (χ4n) is 3.70. The van der Waals surface area contributed by atoms with Gasteiger partial charge in [0.25, 0.3) is 5.91 Å². The molecule has 5 nitrogen and oxygen atoms in total. The van der Waals surface area contributed by atoms with Crippen molar-refractivity contribution in [1.29, 1.82) is 0 Å². The van der Waals surface area contributed by atoms with E-state index in [1.807, 2.05) is 23.7 Å². The van der Waals surface area contributed by atoms with Crippen LogP contribution < -0.4 is 5.32 Å². The number of hydrogen-bond acceptors (Lipinski definition) is 3. The van der Waals surface area contributed by atoms with Crippen LogP contribution in [0.2, 0.25) is 0 Å². The summed E-state index contributed by atoms with van der Waals surface area (Å²) < 4.78 is 1.96. The van der Waals surface area contributed by atoms with E-state index in [1.54, 1.807) is 6.20 Å². The van der Waals surface area contributed by atoms with Crippen LogP contribution in [0.5, 0.6) is 0 Å². The fraction of sp³-hybridized carbons (Fsp3) is 0.500. The van der Waals surface area contributed by atoms with Gasteiger partial charge in [-0.2, -0.15) is 0 Å². The van der Waals surface area contributed by atoms with Crippen LogP contribution in [0.15, 0.2) is 24.7 Å². The molecule has 21 heavy (non-hydrogen) atoms. The van der Waals surface area contributed by atoms with Crippen LogP contribution in [0.1, 0.15) is 28.9 Å². The molecule has 4 rings (SSSR count). The number of piperidine rings is 1. The normalized spacial score (nSPS) is 28.0. The number of carbonyl (C=O) groups is 1. The minimum Gasteiger partial charge on any atom is -0.347 e. The first-order valence-corrected chi connectivity index (χ1v) is 7.65. The highest BCUT2D eigenvalue weighted by Gasteiger charge is 2.33. The molecule has 0 saturated carbocycles. The maximum absolute atomic E-state index is 12.4. The third-order valence-electron chi connectivity index (χ3n) is 4.65. The average Bonchev–Trinajstić information content (AvgIpc) is 2.99. The van der Waals surface area contributed by atoms with Gasteiger partial charge in [-0.3, -0.25) is 4.79 Å². The molecule has 0 aromatic carbocycles. The minimum absolute atomic E-state index is 0.0595. The number of fused-ring (bicyclic) bond motifs is 3. The Morgan fingerprint density at radius 1 is 1.38 bits per heavy atom. The number of amides is 1. The van der Waals surface area contributed by atoms with Crippen LogP contribution in [0.25, 0.3) is 5.52 Å². The van der Waals surface area contributed by atoms with Crippen molar-refractivity contribution in [3.05, 3.63) is 35.9 Å². The second-order valence-electron chi connectivity index (χ2n) is 6.44. The average molecular weight is 284 g/mol. The Balaban J connectivity index is 1.50. The largest absolute Gasteiger partial charge is 0.347 e. The second kappa shape index (κ2) is 4.84. The van der Waals surface area contributed by atoms with Crippen LogP contribution in [-0.4, -0.2) is 45.9 Å². The Labute approximate surface area is 124 Å². The predicted octanol–water partition coefficient (Wildman–Crippen LogP) is 1.47. The van der Waals surface area contributed by atoms with Crippen molar-refractivity contribution in [2.24, 2.45) is 5.92 Å². The molecule has 4 heterocycles. The van der Waals surface area contributed by atoms with E-state index >= 15 is 0 Å². The van der Waals surface area contributed by atoms with Gasteiger partial charge >= 0.3 is 0 Å². The molecule has 2 fully saturated rings. The Hall–Kier alpha value is -1.88. The van der Waals surface area contributed by atoms with Gasteiger partial charge in [0.15, 0.2) is 0 Å². The van der Waals surface area contributed by atoms with Gasteiger partial charge in [-0.1, -0.05) is 0 Å². The Bertz CT molecular complexity index is 681. The molecule has 1 amide bonds. The van der Waals surface area contributed by atoms with Gasteiger partial charge in [-0.15, -0.1) is 0 Å². The van der Waals surface area contributed by atoms with Gasteiger partial charge in [-0.25, -0.2) is 4.98 Å². The van der Waals surface area contributed by atoms with Gasteiger partial charge in [0.2, 0.25) is 0 Å². The highest BCUT2D eigenvalue weighted by molar-refractivity contribution is 5.92. The van der Waals surface area contributed by atoms with Gasteiger partial charge in [0.1, 0.15) is 5.69 Å². The Kier molecular flexibility index (Phi) is 2.96. The quantitative estimate of drug-likeness (QED) is 0.908. The summed E-state index contributed by atoms with van der Waals surface area (Å²) in [5.74, 6) is 0.697. The zero-order valence-electron chi connectivity index (χ0n) is 12.2. The predicted molar refractivity (Wildman–Crippen MR) is 80.3 cm³/mol. The van der Waals surface area contributed by atoms with Crippen molar-refractivity contribution in [3.63, 3.8) is 0 Å². The number of nitrogens with one attached hydrogen (secondary N) is 1. The summed E-state index contributed by atoms with van der Waals surface area (Å²) in [6.45, 7) is 5.41. The van der Waals surface area contributed by atoms with Gasteiger partial charge in [-0.05, 0) is 43.9 Å². The molecule has 5 heteroatoms.